The zero-order valence-corrected chi connectivity index (χ0v) is 10.6. The minimum atomic E-state index is -0.219. The molecule has 1 heterocycles. The Kier molecular flexibility index (Phi) is 3.74. The van der Waals surface area contributed by atoms with Gasteiger partial charge in [0.15, 0.2) is 0 Å². The number of nitrogens with zero attached hydrogens (tertiary/aromatic N) is 1. The van der Waals surface area contributed by atoms with E-state index in [2.05, 4.69) is 10.5 Å². The molecule has 4 nitrogen and oxygen atoms in total. The van der Waals surface area contributed by atoms with E-state index in [1.165, 1.54) is 11.3 Å². The predicted molar refractivity (Wildman–Crippen MR) is 72.1 cm³/mol. The van der Waals surface area contributed by atoms with Gasteiger partial charge in [0, 0.05) is 0 Å². The zero-order valence-electron chi connectivity index (χ0n) is 9.75. The van der Waals surface area contributed by atoms with E-state index in [-0.39, 0.29) is 11.7 Å². The number of amides is 1. The van der Waals surface area contributed by atoms with Gasteiger partial charge in [-0.15, -0.1) is 11.3 Å². The minimum absolute atomic E-state index is 0.203. The van der Waals surface area contributed by atoms with Crippen LogP contribution in [-0.4, -0.2) is 16.7 Å². The lowest BCUT2D eigenvalue weighted by Gasteiger charge is -2.02. The number of hydrazone groups is 1. The van der Waals surface area contributed by atoms with Gasteiger partial charge in [-0.3, -0.25) is 4.79 Å². The first-order chi connectivity index (χ1) is 8.66. The maximum absolute atomic E-state index is 11.6. The van der Waals surface area contributed by atoms with E-state index < -0.39 is 0 Å². The largest absolute Gasteiger partial charge is 0.508 e. The molecule has 0 unspecified atom stereocenters. The Bertz CT molecular complexity index is 559. The number of hydrogen-bond acceptors (Lipinski definition) is 4. The molecule has 1 aromatic heterocycles. The van der Waals surface area contributed by atoms with Crippen molar-refractivity contribution < 1.29 is 9.90 Å². The Morgan fingerprint density at radius 1 is 1.28 bits per heavy atom. The van der Waals surface area contributed by atoms with Crippen molar-refractivity contribution in [2.75, 3.05) is 0 Å². The number of thiophene rings is 1. The maximum atomic E-state index is 11.6. The molecule has 0 spiro atoms. The van der Waals surface area contributed by atoms with Gasteiger partial charge in [0.2, 0.25) is 0 Å². The summed E-state index contributed by atoms with van der Waals surface area (Å²) in [5.74, 6) is -0.0164. The fourth-order valence-electron chi connectivity index (χ4n) is 1.36. The second-order valence-electron chi connectivity index (χ2n) is 3.66. The Balaban J connectivity index is 2.05. The summed E-state index contributed by atoms with van der Waals surface area (Å²) in [6.07, 6.45) is 0. The van der Waals surface area contributed by atoms with Crippen molar-refractivity contribution in [2.45, 2.75) is 6.92 Å². The van der Waals surface area contributed by atoms with E-state index in [4.69, 9.17) is 0 Å². The van der Waals surface area contributed by atoms with Gasteiger partial charge in [-0.05, 0) is 48.2 Å². The second kappa shape index (κ2) is 5.46. The van der Waals surface area contributed by atoms with Crippen LogP contribution in [0.1, 0.15) is 22.2 Å². The van der Waals surface area contributed by atoms with Crippen LogP contribution in [0.25, 0.3) is 0 Å². The molecular weight excluding hydrogens is 248 g/mol. The van der Waals surface area contributed by atoms with E-state index in [1.807, 2.05) is 11.4 Å². The van der Waals surface area contributed by atoms with Crippen molar-refractivity contribution in [1.82, 2.24) is 5.43 Å². The summed E-state index contributed by atoms with van der Waals surface area (Å²) in [5, 5.41) is 15.0. The van der Waals surface area contributed by atoms with E-state index in [0.717, 1.165) is 5.56 Å². The first-order valence-corrected chi connectivity index (χ1v) is 6.22. The molecule has 92 valence electrons. The molecule has 0 saturated heterocycles. The molecule has 0 bridgehead atoms. The molecule has 0 aliphatic carbocycles. The van der Waals surface area contributed by atoms with Gasteiger partial charge in [0.25, 0.3) is 5.91 Å². The Morgan fingerprint density at radius 2 is 2.00 bits per heavy atom. The first-order valence-electron chi connectivity index (χ1n) is 5.34. The molecule has 0 fully saturated rings. The van der Waals surface area contributed by atoms with Crippen LogP contribution in [0.15, 0.2) is 46.9 Å². The van der Waals surface area contributed by atoms with Crippen LogP contribution in [0.5, 0.6) is 5.75 Å². The van der Waals surface area contributed by atoms with Crippen molar-refractivity contribution in [3.8, 4) is 5.75 Å². The minimum Gasteiger partial charge on any atom is -0.508 e. The molecule has 1 amide bonds. The molecule has 0 aliphatic heterocycles. The maximum Gasteiger partial charge on any atom is 0.281 e. The smallest absolute Gasteiger partial charge is 0.281 e. The quantitative estimate of drug-likeness (QED) is 0.658. The second-order valence-corrected chi connectivity index (χ2v) is 4.61. The van der Waals surface area contributed by atoms with Crippen molar-refractivity contribution in [3.05, 3.63) is 52.2 Å². The topological polar surface area (TPSA) is 61.7 Å². The van der Waals surface area contributed by atoms with Gasteiger partial charge >= 0.3 is 0 Å². The number of carbonyl (C=O) groups is 1. The normalized spacial score (nSPS) is 11.3. The summed E-state index contributed by atoms with van der Waals surface area (Å²) in [5.41, 5.74) is 4.02. The molecular formula is C13H12N2O2S. The fraction of sp³-hybridized carbons (Fsp3) is 0.0769. The standard InChI is InChI=1S/C13H12N2O2S/c1-9(10-4-6-11(16)7-5-10)14-15-13(17)12-3-2-8-18-12/h2-8,16H,1H3,(H,15,17). The zero-order chi connectivity index (χ0) is 13.0. The molecule has 0 radical (unpaired) electrons. The third-order valence-electron chi connectivity index (χ3n) is 2.36. The highest BCUT2D eigenvalue weighted by molar-refractivity contribution is 7.12. The van der Waals surface area contributed by atoms with Gasteiger partial charge in [0.05, 0.1) is 10.6 Å². The molecule has 0 aliphatic rings. The average Bonchev–Trinajstić information content (AvgIpc) is 2.90. The lowest BCUT2D eigenvalue weighted by molar-refractivity contribution is 0.0959. The van der Waals surface area contributed by atoms with Crippen LogP contribution >= 0.6 is 11.3 Å². The number of benzene rings is 1. The molecule has 0 saturated carbocycles. The van der Waals surface area contributed by atoms with Gasteiger partial charge in [-0.2, -0.15) is 5.10 Å². The van der Waals surface area contributed by atoms with Gasteiger partial charge in [-0.25, -0.2) is 5.43 Å². The van der Waals surface area contributed by atoms with Crippen LogP contribution in [0.3, 0.4) is 0 Å². The molecule has 0 atom stereocenters. The Labute approximate surface area is 109 Å². The molecule has 2 N–H and O–H groups in total. The van der Waals surface area contributed by atoms with Crippen molar-refractivity contribution in [1.29, 1.82) is 0 Å². The Morgan fingerprint density at radius 3 is 2.61 bits per heavy atom. The highest BCUT2D eigenvalue weighted by Gasteiger charge is 2.05. The number of phenolic OH excluding ortho intramolecular Hbond substituents is 1. The monoisotopic (exact) mass is 260 g/mol. The highest BCUT2D eigenvalue weighted by Crippen LogP contribution is 2.11. The summed E-state index contributed by atoms with van der Waals surface area (Å²) in [6, 6.07) is 10.2. The lowest BCUT2D eigenvalue weighted by atomic mass is 10.1. The van der Waals surface area contributed by atoms with Gasteiger partial charge in [0.1, 0.15) is 5.75 Å². The summed E-state index contributed by atoms with van der Waals surface area (Å²) < 4.78 is 0. The lowest BCUT2D eigenvalue weighted by Crippen LogP contribution is -2.18. The average molecular weight is 260 g/mol. The number of phenols is 1. The van der Waals surface area contributed by atoms with Gasteiger partial charge < -0.3 is 5.11 Å². The summed E-state index contributed by atoms with van der Waals surface area (Å²) in [7, 11) is 0. The fourth-order valence-corrected chi connectivity index (χ4v) is 1.98. The predicted octanol–water partition coefficient (Wildman–Crippen LogP) is 2.61. The molecule has 18 heavy (non-hydrogen) atoms. The van der Waals surface area contributed by atoms with E-state index in [1.54, 1.807) is 37.3 Å². The number of nitrogens with one attached hydrogen (secondary N) is 1. The van der Waals surface area contributed by atoms with Crippen LogP contribution in [0, 0.1) is 0 Å². The van der Waals surface area contributed by atoms with E-state index in [9.17, 15) is 9.90 Å². The summed E-state index contributed by atoms with van der Waals surface area (Å²) >= 11 is 1.37. The molecule has 1 aromatic carbocycles. The van der Waals surface area contributed by atoms with Gasteiger partial charge in [-0.1, -0.05) is 6.07 Å². The SMILES string of the molecule is CC(=NNC(=O)c1cccs1)c1ccc(O)cc1. The number of carbonyl (C=O) groups excluding carboxylic acids is 1. The van der Waals surface area contributed by atoms with Crippen LogP contribution < -0.4 is 5.43 Å². The highest BCUT2D eigenvalue weighted by atomic mass is 32.1. The third kappa shape index (κ3) is 2.95. The number of hydrogen-bond donors (Lipinski definition) is 2. The van der Waals surface area contributed by atoms with Crippen LogP contribution in [0.2, 0.25) is 0 Å². The number of rotatable bonds is 3. The van der Waals surface area contributed by atoms with E-state index in [0.29, 0.717) is 10.6 Å². The Hall–Kier alpha value is -2.14. The molecule has 2 aromatic rings. The van der Waals surface area contributed by atoms with Crippen LogP contribution in [0.4, 0.5) is 0 Å². The third-order valence-corrected chi connectivity index (χ3v) is 3.22. The number of aromatic hydroxyl groups is 1. The first kappa shape index (κ1) is 12.3. The summed E-state index contributed by atoms with van der Waals surface area (Å²) in [4.78, 5) is 12.3. The molecule has 2 rings (SSSR count). The molecule has 5 heteroatoms. The summed E-state index contributed by atoms with van der Waals surface area (Å²) in [6.45, 7) is 1.79. The van der Waals surface area contributed by atoms with Crippen LogP contribution in [-0.2, 0) is 0 Å². The van der Waals surface area contributed by atoms with E-state index >= 15 is 0 Å². The van der Waals surface area contributed by atoms with Crippen molar-refractivity contribution >= 4 is 23.0 Å². The van der Waals surface area contributed by atoms with Crippen molar-refractivity contribution in [2.24, 2.45) is 5.10 Å². The van der Waals surface area contributed by atoms with Crippen molar-refractivity contribution in [3.63, 3.8) is 0 Å².